The SMILES string of the molecule is CCc1cccc(CC)c1NC(=O)/C(C#N)=C\NC(C)C. The minimum Gasteiger partial charge on any atom is -0.387 e. The quantitative estimate of drug-likeness (QED) is 0.623. The van der Waals surface area contributed by atoms with Gasteiger partial charge < -0.3 is 10.6 Å². The molecular weight excluding hydrogens is 262 g/mol. The molecule has 4 nitrogen and oxygen atoms in total. The average molecular weight is 285 g/mol. The van der Waals surface area contributed by atoms with E-state index in [0.717, 1.165) is 29.7 Å². The third kappa shape index (κ3) is 4.64. The number of rotatable bonds is 6. The van der Waals surface area contributed by atoms with Crippen molar-refractivity contribution in [2.24, 2.45) is 0 Å². The number of carbonyl (C=O) groups is 1. The molecule has 1 aromatic rings. The van der Waals surface area contributed by atoms with Gasteiger partial charge in [-0.15, -0.1) is 0 Å². The Morgan fingerprint density at radius 2 is 1.86 bits per heavy atom. The molecule has 2 N–H and O–H groups in total. The number of carbonyl (C=O) groups excluding carboxylic acids is 1. The molecule has 0 aromatic heterocycles. The number of benzene rings is 1. The van der Waals surface area contributed by atoms with E-state index in [1.165, 1.54) is 6.20 Å². The van der Waals surface area contributed by atoms with Crippen molar-refractivity contribution in [1.82, 2.24) is 5.32 Å². The largest absolute Gasteiger partial charge is 0.387 e. The Hall–Kier alpha value is -2.28. The zero-order valence-electron chi connectivity index (χ0n) is 13.2. The van der Waals surface area contributed by atoms with E-state index in [-0.39, 0.29) is 17.5 Å². The maximum Gasteiger partial charge on any atom is 0.267 e. The predicted octanol–water partition coefficient (Wildman–Crippen LogP) is 3.16. The van der Waals surface area contributed by atoms with Crippen LogP contribution in [0.15, 0.2) is 30.0 Å². The van der Waals surface area contributed by atoms with Gasteiger partial charge in [-0.2, -0.15) is 5.26 Å². The first-order chi connectivity index (χ1) is 10.0. The first-order valence-corrected chi connectivity index (χ1v) is 7.31. The van der Waals surface area contributed by atoms with E-state index in [4.69, 9.17) is 5.26 Å². The lowest BCUT2D eigenvalue weighted by Crippen LogP contribution is -2.21. The van der Waals surface area contributed by atoms with E-state index in [9.17, 15) is 4.79 Å². The Morgan fingerprint density at radius 1 is 1.29 bits per heavy atom. The highest BCUT2D eigenvalue weighted by atomic mass is 16.1. The normalized spacial score (nSPS) is 11.1. The van der Waals surface area contributed by atoms with Crippen molar-refractivity contribution in [2.75, 3.05) is 5.32 Å². The van der Waals surface area contributed by atoms with Crippen LogP contribution in [0.1, 0.15) is 38.8 Å². The summed E-state index contributed by atoms with van der Waals surface area (Å²) in [6.45, 7) is 7.99. The highest BCUT2D eigenvalue weighted by Gasteiger charge is 2.13. The van der Waals surface area contributed by atoms with Gasteiger partial charge >= 0.3 is 0 Å². The number of para-hydroxylation sites is 1. The van der Waals surface area contributed by atoms with E-state index in [1.54, 1.807) is 0 Å². The lowest BCUT2D eigenvalue weighted by Gasteiger charge is -2.14. The lowest BCUT2D eigenvalue weighted by atomic mass is 10.0. The minimum absolute atomic E-state index is 0.0802. The second-order valence-electron chi connectivity index (χ2n) is 5.10. The Bertz CT molecular complexity index is 546. The molecule has 4 heteroatoms. The van der Waals surface area contributed by atoms with Crippen molar-refractivity contribution in [1.29, 1.82) is 5.26 Å². The van der Waals surface area contributed by atoms with Crippen LogP contribution >= 0.6 is 0 Å². The number of aryl methyl sites for hydroxylation is 2. The van der Waals surface area contributed by atoms with Gasteiger partial charge in [0.05, 0.1) is 0 Å². The fourth-order valence-electron chi connectivity index (χ4n) is 1.98. The molecule has 1 rings (SSSR count). The highest BCUT2D eigenvalue weighted by Crippen LogP contribution is 2.23. The lowest BCUT2D eigenvalue weighted by molar-refractivity contribution is -0.112. The minimum atomic E-state index is -0.374. The van der Waals surface area contributed by atoms with E-state index >= 15 is 0 Å². The van der Waals surface area contributed by atoms with Crippen LogP contribution in [0.3, 0.4) is 0 Å². The number of hydrogen-bond donors (Lipinski definition) is 2. The van der Waals surface area contributed by atoms with Gasteiger partial charge in [-0.05, 0) is 37.8 Å². The Kier molecular flexibility index (Phi) is 6.48. The van der Waals surface area contributed by atoms with Crippen LogP contribution in [0.25, 0.3) is 0 Å². The third-order valence-corrected chi connectivity index (χ3v) is 3.16. The van der Waals surface area contributed by atoms with Crippen LogP contribution in [0.2, 0.25) is 0 Å². The summed E-state index contributed by atoms with van der Waals surface area (Å²) in [4.78, 5) is 12.3. The molecule has 0 heterocycles. The van der Waals surface area contributed by atoms with Crippen LogP contribution in [0.4, 0.5) is 5.69 Å². The van der Waals surface area contributed by atoms with E-state index < -0.39 is 0 Å². The molecule has 0 aliphatic carbocycles. The average Bonchev–Trinajstić information content (AvgIpc) is 2.47. The molecule has 0 radical (unpaired) electrons. The maximum absolute atomic E-state index is 12.3. The molecule has 0 fully saturated rings. The van der Waals surface area contributed by atoms with Crippen molar-refractivity contribution in [3.8, 4) is 6.07 Å². The maximum atomic E-state index is 12.3. The van der Waals surface area contributed by atoms with Crippen LogP contribution < -0.4 is 10.6 Å². The fraction of sp³-hybridized carbons (Fsp3) is 0.412. The predicted molar refractivity (Wildman–Crippen MR) is 85.8 cm³/mol. The van der Waals surface area contributed by atoms with Crippen LogP contribution in [0, 0.1) is 11.3 Å². The summed E-state index contributed by atoms with van der Waals surface area (Å²) in [5, 5.41) is 15.0. The molecule has 1 amide bonds. The topological polar surface area (TPSA) is 64.9 Å². The Labute approximate surface area is 126 Å². The van der Waals surface area contributed by atoms with Gasteiger partial charge in [-0.25, -0.2) is 0 Å². The van der Waals surface area contributed by atoms with E-state index in [2.05, 4.69) is 10.6 Å². The van der Waals surface area contributed by atoms with Gasteiger partial charge in [0.25, 0.3) is 5.91 Å². The number of hydrogen-bond acceptors (Lipinski definition) is 3. The van der Waals surface area contributed by atoms with Crippen LogP contribution in [0.5, 0.6) is 0 Å². The molecule has 0 aliphatic heterocycles. The molecular formula is C17H23N3O. The Balaban J connectivity index is 3.02. The zero-order chi connectivity index (χ0) is 15.8. The summed E-state index contributed by atoms with van der Waals surface area (Å²) in [5.41, 5.74) is 3.07. The second kappa shape index (κ2) is 8.11. The van der Waals surface area contributed by atoms with Gasteiger partial charge in [-0.3, -0.25) is 4.79 Å². The highest BCUT2D eigenvalue weighted by molar-refractivity contribution is 6.07. The number of nitrogens with zero attached hydrogens (tertiary/aromatic N) is 1. The Morgan fingerprint density at radius 3 is 2.29 bits per heavy atom. The summed E-state index contributed by atoms with van der Waals surface area (Å²) in [5.74, 6) is -0.374. The summed E-state index contributed by atoms with van der Waals surface area (Å²) in [6, 6.07) is 8.10. The number of nitriles is 1. The van der Waals surface area contributed by atoms with Crippen LogP contribution in [-0.2, 0) is 17.6 Å². The fourth-order valence-corrected chi connectivity index (χ4v) is 1.98. The van der Waals surface area contributed by atoms with Crippen molar-refractivity contribution < 1.29 is 4.79 Å². The van der Waals surface area contributed by atoms with Crippen molar-refractivity contribution in [3.63, 3.8) is 0 Å². The molecule has 0 aliphatic rings. The van der Waals surface area contributed by atoms with E-state index in [0.29, 0.717) is 0 Å². The number of nitrogens with one attached hydrogen (secondary N) is 2. The monoisotopic (exact) mass is 285 g/mol. The van der Waals surface area contributed by atoms with Crippen LogP contribution in [-0.4, -0.2) is 11.9 Å². The number of amides is 1. The van der Waals surface area contributed by atoms with Gasteiger partial charge in [0, 0.05) is 17.9 Å². The molecule has 0 spiro atoms. The van der Waals surface area contributed by atoms with Gasteiger partial charge in [0.15, 0.2) is 0 Å². The third-order valence-electron chi connectivity index (χ3n) is 3.16. The van der Waals surface area contributed by atoms with Gasteiger partial charge in [0.1, 0.15) is 11.6 Å². The summed E-state index contributed by atoms with van der Waals surface area (Å²) < 4.78 is 0. The molecule has 21 heavy (non-hydrogen) atoms. The van der Waals surface area contributed by atoms with Crippen molar-refractivity contribution in [3.05, 3.63) is 41.1 Å². The van der Waals surface area contributed by atoms with Gasteiger partial charge in [-0.1, -0.05) is 32.0 Å². The standard InChI is InChI=1S/C17H23N3O/c1-5-13-8-7-9-14(6-2)16(13)20-17(21)15(10-18)11-19-12(3)4/h7-9,11-12,19H,5-6H2,1-4H3,(H,20,21)/b15-11-. The molecule has 0 bridgehead atoms. The zero-order valence-corrected chi connectivity index (χ0v) is 13.2. The van der Waals surface area contributed by atoms with Crippen molar-refractivity contribution in [2.45, 2.75) is 46.6 Å². The molecule has 0 saturated carbocycles. The molecule has 0 unspecified atom stereocenters. The smallest absolute Gasteiger partial charge is 0.267 e. The first-order valence-electron chi connectivity index (χ1n) is 7.31. The summed E-state index contributed by atoms with van der Waals surface area (Å²) >= 11 is 0. The first kappa shape index (κ1) is 16.8. The molecule has 1 aromatic carbocycles. The summed E-state index contributed by atoms with van der Waals surface area (Å²) in [7, 11) is 0. The second-order valence-corrected chi connectivity index (χ2v) is 5.10. The number of anilines is 1. The van der Waals surface area contributed by atoms with E-state index in [1.807, 2.05) is 52.0 Å². The van der Waals surface area contributed by atoms with Crippen molar-refractivity contribution >= 4 is 11.6 Å². The molecule has 0 saturated heterocycles. The van der Waals surface area contributed by atoms with Gasteiger partial charge in [0.2, 0.25) is 0 Å². The molecule has 112 valence electrons. The summed E-state index contributed by atoms with van der Waals surface area (Å²) in [6.07, 6.45) is 3.14. The molecule has 0 atom stereocenters.